The smallest absolute Gasteiger partial charge is 0.227 e. The van der Waals surface area contributed by atoms with Crippen LogP contribution in [-0.2, 0) is 24.3 Å². The second kappa shape index (κ2) is 9.42. The van der Waals surface area contributed by atoms with Gasteiger partial charge in [0.05, 0.1) is 0 Å². The van der Waals surface area contributed by atoms with Crippen LogP contribution in [0.25, 0.3) is 21.8 Å². The first-order chi connectivity index (χ1) is 19.0. The Kier molecular flexibility index (Phi) is 5.85. The molecule has 2 aliphatic rings. The van der Waals surface area contributed by atoms with E-state index >= 15 is 0 Å². The standard InChI is InChI=1S/C34H36N4O/c1-35-23-29(27-12-6-8-14-31(27)35)34(30-24-36(2)32-15-9-7-13-28(30)32)16-18-37(19-17-34)21-25-20-33(39)38(22-25)26-10-4-3-5-11-26/h3-15,23-25H,16-22H2,1-2H3/t25-/m0/s1. The number of carbonyl (C=O) groups is 1. The molecule has 0 N–H and O–H groups in total. The Bertz CT molecular complexity index is 1570. The molecule has 2 fully saturated rings. The number of aryl methyl sites for hydroxylation is 2. The van der Waals surface area contributed by atoms with Crippen LogP contribution in [0.4, 0.5) is 5.69 Å². The minimum absolute atomic E-state index is 0.0558. The van der Waals surface area contributed by atoms with Crippen LogP contribution in [-0.4, -0.2) is 46.1 Å². The van der Waals surface area contributed by atoms with E-state index in [9.17, 15) is 4.79 Å². The molecule has 5 nitrogen and oxygen atoms in total. The number of aromatic nitrogens is 2. The van der Waals surface area contributed by atoms with Gasteiger partial charge < -0.3 is 18.9 Å². The second-order valence-electron chi connectivity index (χ2n) is 11.6. The van der Waals surface area contributed by atoms with Crippen molar-refractivity contribution in [1.29, 1.82) is 0 Å². The summed E-state index contributed by atoms with van der Waals surface area (Å²) < 4.78 is 4.60. The molecule has 2 aliphatic heterocycles. The number of anilines is 1. The van der Waals surface area contributed by atoms with Gasteiger partial charge in [-0.25, -0.2) is 0 Å². The molecule has 1 atom stereocenters. The van der Waals surface area contributed by atoms with Crippen molar-refractivity contribution in [1.82, 2.24) is 14.0 Å². The van der Waals surface area contributed by atoms with E-state index in [1.165, 1.54) is 32.9 Å². The molecule has 0 saturated carbocycles. The lowest BCUT2D eigenvalue weighted by Gasteiger charge is -2.43. The fraction of sp³-hybridized carbons (Fsp3) is 0.324. The van der Waals surface area contributed by atoms with E-state index in [0.29, 0.717) is 12.3 Å². The third-order valence-electron chi connectivity index (χ3n) is 9.32. The monoisotopic (exact) mass is 516 g/mol. The molecule has 0 radical (unpaired) electrons. The predicted octanol–water partition coefficient (Wildman–Crippen LogP) is 6.11. The molecular formula is C34H36N4O. The first kappa shape index (κ1) is 24.2. The molecule has 0 unspecified atom stereocenters. The third kappa shape index (κ3) is 3.99. The third-order valence-corrected chi connectivity index (χ3v) is 9.32. The molecule has 0 aliphatic carbocycles. The van der Waals surface area contributed by atoms with Crippen LogP contribution in [0.1, 0.15) is 30.4 Å². The molecule has 0 bridgehead atoms. The lowest BCUT2D eigenvalue weighted by atomic mass is 9.67. The summed E-state index contributed by atoms with van der Waals surface area (Å²) in [7, 11) is 4.35. The van der Waals surface area contributed by atoms with Crippen molar-refractivity contribution in [3.05, 3.63) is 102 Å². The Morgan fingerprint density at radius 1 is 0.744 bits per heavy atom. The lowest BCUT2D eigenvalue weighted by Crippen LogP contribution is -2.45. The van der Waals surface area contributed by atoms with E-state index in [0.717, 1.165) is 44.7 Å². The topological polar surface area (TPSA) is 33.4 Å². The van der Waals surface area contributed by atoms with Crippen LogP contribution in [0, 0.1) is 5.92 Å². The minimum Gasteiger partial charge on any atom is -0.350 e. The van der Waals surface area contributed by atoms with Crippen molar-refractivity contribution in [3.63, 3.8) is 0 Å². The zero-order valence-corrected chi connectivity index (χ0v) is 22.9. The fourth-order valence-corrected chi connectivity index (χ4v) is 7.37. The average Bonchev–Trinajstić information content (AvgIpc) is 3.63. The molecule has 2 aromatic heterocycles. The van der Waals surface area contributed by atoms with Crippen molar-refractivity contribution in [2.75, 3.05) is 31.1 Å². The Hall–Kier alpha value is -3.83. The van der Waals surface area contributed by atoms with Gasteiger partial charge in [0.2, 0.25) is 5.91 Å². The largest absolute Gasteiger partial charge is 0.350 e. The normalized spacial score (nSPS) is 19.9. The number of piperidine rings is 1. The predicted molar refractivity (Wildman–Crippen MR) is 159 cm³/mol. The summed E-state index contributed by atoms with van der Waals surface area (Å²) in [5, 5.41) is 2.72. The number of amides is 1. The number of fused-ring (bicyclic) bond motifs is 2. The van der Waals surface area contributed by atoms with Crippen molar-refractivity contribution >= 4 is 33.4 Å². The maximum atomic E-state index is 12.9. The Labute approximate surface area is 230 Å². The highest BCUT2D eigenvalue weighted by Crippen LogP contribution is 2.48. The summed E-state index contributed by atoms with van der Waals surface area (Å²) in [5.41, 5.74) is 6.44. The zero-order valence-electron chi connectivity index (χ0n) is 22.9. The lowest BCUT2D eigenvalue weighted by molar-refractivity contribution is -0.117. The van der Waals surface area contributed by atoms with E-state index in [2.05, 4.69) is 89.1 Å². The van der Waals surface area contributed by atoms with Crippen molar-refractivity contribution in [2.45, 2.75) is 24.7 Å². The Balaban J connectivity index is 1.20. The molecule has 0 spiro atoms. The molecule has 7 rings (SSSR count). The molecule has 198 valence electrons. The van der Waals surface area contributed by atoms with Gasteiger partial charge in [-0.15, -0.1) is 0 Å². The molecule has 1 amide bonds. The number of carbonyl (C=O) groups excluding carboxylic acids is 1. The fourth-order valence-electron chi connectivity index (χ4n) is 7.37. The number of nitrogens with zero attached hydrogens (tertiary/aromatic N) is 4. The van der Waals surface area contributed by atoms with Crippen LogP contribution >= 0.6 is 0 Å². The summed E-state index contributed by atoms with van der Waals surface area (Å²) in [6, 6.07) is 27.8. The average molecular weight is 517 g/mol. The number of likely N-dealkylation sites (tertiary alicyclic amines) is 1. The number of rotatable bonds is 5. The summed E-state index contributed by atoms with van der Waals surface area (Å²) in [6.45, 7) is 3.86. The molecule has 3 aromatic carbocycles. The van der Waals surface area contributed by atoms with E-state index in [4.69, 9.17) is 0 Å². The maximum Gasteiger partial charge on any atom is 0.227 e. The minimum atomic E-state index is -0.0558. The van der Waals surface area contributed by atoms with Crippen LogP contribution in [0.5, 0.6) is 0 Å². The quantitative estimate of drug-likeness (QED) is 0.283. The number of para-hydroxylation sites is 3. The van der Waals surface area contributed by atoms with Crippen molar-refractivity contribution in [2.24, 2.45) is 20.0 Å². The van der Waals surface area contributed by atoms with Gasteiger partial charge in [0.1, 0.15) is 0 Å². The van der Waals surface area contributed by atoms with Crippen molar-refractivity contribution in [3.8, 4) is 0 Å². The molecule has 2 saturated heterocycles. The highest BCUT2D eigenvalue weighted by Gasteiger charge is 2.42. The first-order valence-electron chi connectivity index (χ1n) is 14.2. The zero-order chi connectivity index (χ0) is 26.6. The molecule has 5 heteroatoms. The number of hydrogen-bond acceptors (Lipinski definition) is 2. The van der Waals surface area contributed by atoms with Gasteiger partial charge in [-0.05, 0) is 67.2 Å². The van der Waals surface area contributed by atoms with E-state index in [1.807, 2.05) is 35.2 Å². The summed E-state index contributed by atoms with van der Waals surface area (Å²) in [6.07, 6.45) is 7.55. The number of benzene rings is 3. The highest BCUT2D eigenvalue weighted by molar-refractivity contribution is 5.95. The van der Waals surface area contributed by atoms with Gasteiger partial charge >= 0.3 is 0 Å². The van der Waals surface area contributed by atoms with Crippen LogP contribution in [0.2, 0.25) is 0 Å². The van der Waals surface area contributed by atoms with Gasteiger partial charge in [-0.3, -0.25) is 4.79 Å². The summed E-state index contributed by atoms with van der Waals surface area (Å²) >= 11 is 0. The van der Waals surface area contributed by atoms with E-state index < -0.39 is 0 Å². The molecule has 5 aromatic rings. The SMILES string of the molecule is Cn1cc(C2(c3cn(C)c4ccccc34)CCN(C[C@@H]3CC(=O)N(c4ccccc4)C3)CC2)c2ccccc21. The van der Waals surface area contributed by atoms with Gasteiger partial charge in [0.25, 0.3) is 0 Å². The van der Waals surface area contributed by atoms with E-state index in [-0.39, 0.29) is 11.3 Å². The van der Waals surface area contributed by atoms with Crippen LogP contribution in [0.15, 0.2) is 91.3 Å². The van der Waals surface area contributed by atoms with Gasteiger partial charge in [-0.2, -0.15) is 0 Å². The Morgan fingerprint density at radius 3 is 1.87 bits per heavy atom. The van der Waals surface area contributed by atoms with Crippen molar-refractivity contribution < 1.29 is 4.79 Å². The summed E-state index contributed by atoms with van der Waals surface area (Å²) in [5.74, 6) is 0.629. The Morgan fingerprint density at radius 2 is 1.28 bits per heavy atom. The molecular weight excluding hydrogens is 480 g/mol. The van der Waals surface area contributed by atoms with Crippen LogP contribution < -0.4 is 4.90 Å². The maximum absolute atomic E-state index is 12.9. The molecule has 39 heavy (non-hydrogen) atoms. The highest BCUT2D eigenvalue weighted by atomic mass is 16.2. The molecule has 4 heterocycles. The first-order valence-corrected chi connectivity index (χ1v) is 14.2. The van der Waals surface area contributed by atoms with Crippen LogP contribution in [0.3, 0.4) is 0 Å². The summed E-state index contributed by atoms with van der Waals surface area (Å²) in [4.78, 5) is 17.4. The van der Waals surface area contributed by atoms with Gasteiger partial charge in [0, 0.05) is 78.9 Å². The van der Waals surface area contributed by atoms with Gasteiger partial charge in [-0.1, -0.05) is 54.6 Å². The number of hydrogen-bond donors (Lipinski definition) is 0. The van der Waals surface area contributed by atoms with Gasteiger partial charge in [0.15, 0.2) is 0 Å². The van der Waals surface area contributed by atoms with E-state index in [1.54, 1.807) is 0 Å². The second-order valence-corrected chi connectivity index (χ2v) is 11.6.